The molecule has 1 aromatic heterocycles. The summed E-state index contributed by atoms with van der Waals surface area (Å²) >= 11 is 12.3. The van der Waals surface area contributed by atoms with Crippen LogP contribution in [0.15, 0.2) is 24.3 Å². The van der Waals surface area contributed by atoms with E-state index in [2.05, 4.69) is 30.7 Å². The van der Waals surface area contributed by atoms with Crippen molar-refractivity contribution in [3.05, 3.63) is 46.2 Å². The fraction of sp³-hybridized carbons (Fsp3) is 0.333. The van der Waals surface area contributed by atoms with Crippen LogP contribution in [-0.4, -0.2) is 9.97 Å². The van der Waals surface area contributed by atoms with Crippen molar-refractivity contribution in [1.82, 2.24) is 9.97 Å². The van der Waals surface area contributed by atoms with Gasteiger partial charge in [0.05, 0.1) is 5.56 Å². The van der Waals surface area contributed by atoms with E-state index in [1.54, 1.807) is 18.2 Å². The summed E-state index contributed by atoms with van der Waals surface area (Å²) in [5.41, 5.74) is 0.667. The number of hydrogen-bond donors (Lipinski definition) is 0. The summed E-state index contributed by atoms with van der Waals surface area (Å²) in [6.45, 7) is 6.22. The Bertz CT molecular complexity index is 613. The molecule has 1 heterocycles. The molecule has 0 radical (unpaired) electrons. The van der Waals surface area contributed by atoms with Gasteiger partial charge in [-0.1, -0.05) is 62.2 Å². The normalized spacial score (nSPS) is 11.7. The zero-order valence-corrected chi connectivity index (χ0v) is 13.1. The molecule has 0 spiro atoms. The molecular formula is C15H15Cl2FN2. The molecule has 0 saturated carbocycles. The highest BCUT2D eigenvalue weighted by molar-refractivity contribution is 6.37. The Morgan fingerprint density at radius 1 is 1.05 bits per heavy atom. The minimum Gasteiger partial charge on any atom is -0.220 e. The Morgan fingerprint density at radius 3 is 2.10 bits per heavy atom. The molecule has 0 aliphatic heterocycles. The zero-order valence-electron chi connectivity index (χ0n) is 11.5. The van der Waals surface area contributed by atoms with Crippen molar-refractivity contribution in [3.8, 4) is 11.1 Å². The molecule has 0 N–H and O–H groups in total. The predicted octanol–water partition coefficient (Wildman–Crippen LogP) is 5.18. The Kier molecular flexibility index (Phi) is 4.31. The monoisotopic (exact) mass is 312 g/mol. The van der Waals surface area contributed by atoms with E-state index in [1.165, 1.54) is 6.07 Å². The summed E-state index contributed by atoms with van der Waals surface area (Å²) in [6.07, 6.45) is 0.643. The second-order valence-corrected chi connectivity index (χ2v) is 6.53. The second kappa shape index (κ2) is 5.66. The standard InChI is InChI=1S/C15H15Cl2FN2/c1-15(2,3)8-11-19-13(16)12(14(17)20-11)9-6-4-5-7-10(9)18/h4-7H,8H2,1-3H3. The van der Waals surface area contributed by atoms with Gasteiger partial charge in [0.2, 0.25) is 0 Å². The SMILES string of the molecule is CC(C)(C)Cc1nc(Cl)c(-c2ccccc2F)c(Cl)n1. The summed E-state index contributed by atoms with van der Waals surface area (Å²) in [5, 5.41) is 0.351. The number of aromatic nitrogens is 2. The first-order valence-corrected chi connectivity index (χ1v) is 7.00. The maximum absolute atomic E-state index is 13.8. The van der Waals surface area contributed by atoms with Crippen LogP contribution in [0.4, 0.5) is 4.39 Å². The fourth-order valence-electron chi connectivity index (χ4n) is 1.89. The molecule has 106 valence electrons. The smallest absolute Gasteiger partial charge is 0.142 e. The zero-order chi connectivity index (χ0) is 14.9. The van der Waals surface area contributed by atoms with Gasteiger partial charge in [-0.2, -0.15) is 0 Å². The average Bonchev–Trinajstić information content (AvgIpc) is 2.28. The van der Waals surface area contributed by atoms with Crippen molar-refractivity contribution in [2.75, 3.05) is 0 Å². The van der Waals surface area contributed by atoms with Crippen LogP contribution in [0.5, 0.6) is 0 Å². The lowest BCUT2D eigenvalue weighted by atomic mass is 9.92. The van der Waals surface area contributed by atoms with Gasteiger partial charge in [-0.25, -0.2) is 14.4 Å². The third kappa shape index (κ3) is 3.47. The Hall–Kier alpha value is -1.19. The molecule has 0 aliphatic carbocycles. The Balaban J connectivity index is 2.50. The molecule has 20 heavy (non-hydrogen) atoms. The quantitative estimate of drug-likeness (QED) is 0.714. The van der Waals surface area contributed by atoms with Crippen LogP contribution in [0.25, 0.3) is 11.1 Å². The lowest BCUT2D eigenvalue weighted by Crippen LogP contribution is -2.12. The highest BCUT2D eigenvalue weighted by Gasteiger charge is 2.19. The second-order valence-electron chi connectivity index (χ2n) is 5.81. The molecule has 0 aliphatic rings. The van der Waals surface area contributed by atoms with Crippen LogP contribution in [0.2, 0.25) is 10.3 Å². The molecule has 1 aromatic carbocycles. The van der Waals surface area contributed by atoms with Crippen molar-refractivity contribution < 1.29 is 4.39 Å². The van der Waals surface area contributed by atoms with Gasteiger partial charge in [0.15, 0.2) is 0 Å². The number of nitrogens with zero attached hydrogens (tertiary/aromatic N) is 2. The van der Waals surface area contributed by atoms with E-state index in [0.29, 0.717) is 23.4 Å². The number of halogens is 3. The van der Waals surface area contributed by atoms with Crippen molar-refractivity contribution in [1.29, 1.82) is 0 Å². The van der Waals surface area contributed by atoms with E-state index in [-0.39, 0.29) is 15.7 Å². The van der Waals surface area contributed by atoms with E-state index in [1.807, 2.05) is 0 Å². The van der Waals surface area contributed by atoms with Gasteiger partial charge in [-0.15, -0.1) is 0 Å². The summed E-state index contributed by atoms with van der Waals surface area (Å²) in [5.74, 6) is 0.163. The van der Waals surface area contributed by atoms with Crippen LogP contribution >= 0.6 is 23.2 Å². The van der Waals surface area contributed by atoms with Crippen molar-refractivity contribution >= 4 is 23.2 Å². The molecule has 2 nitrogen and oxygen atoms in total. The average molecular weight is 313 g/mol. The van der Waals surface area contributed by atoms with Crippen LogP contribution in [-0.2, 0) is 6.42 Å². The summed E-state index contributed by atoms with van der Waals surface area (Å²) in [4.78, 5) is 8.48. The number of rotatable bonds is 2. The van der Waals surface area contributed by atoms with E-state index >= 15 is 0 Å². The van der Waals surface area contributed by atoms with Gasteiger partial charge in [0.25, 0.3) is 0 Å². The van der Waals surface area contributed by atoms with Crippen LogP contribution in [0, 0.1) is 11.2 Å². The molecule has 0 unspecified atom stereocenters. The van der Waals surface area contributed by atoms with Gasteiger partial charge >= 0.3 is 0 Å². The molecule has 0 saturated heterocycles. The molecule has 5 heteroatoms. The number of benzene rings is 1. The van der Waals surface area contributed by atoms with Crippen molar-refractivity contribution in [3.63, 3.8) is 0 Å². The van der Waals surface area contributed by atoms with Gasteiger partial charge < -0.3 is 0 Å². The minimum atomic E-state index is -0.400. The number of hydrogen-bond acceptors (Lipinski definition) is 2. The van der Waals surface area contributed by atoms with Crippen molar-refractivity contribution in [2.45, 2.75) is 27.2 Å². The summed E-state index contributed by atoms with van der Waals surface area (Å²) < 4.78 is 13.8. The van der Waals surface area contributed by atoms with Gasteiger partial charge in [-0.05, 0) is 11.5 Å². The highest BCUT2D eigenvalue weighted by Crippen LogP contribution is 2.34. The highest BCUT2D eigenvalue weighted by atomic mass is 35.5. The Morgan fingerprint density at radius 2 is 1.60 bits per heavy atom. The van der Waals surface area contributed by atoms with Crippen LogP contribution < -0.4 is 0 Å². The van der Waals surface area contributed by atoms with E-state index in [9.17, 15) is 4.39 Å². The third-order valence-electron chi connectivity index (χ3n) is 2.70. The minimum absolute atomic E-state index is 0.0200. The summed E-state index contributed by atoms with van der Waals surface area (Å²) in [7, 11) is 0. The maximum Gasteiger partial charge on any atom is 0.142 e. The lowest BCUT2D eigenvalue weighted by molar-refractivity contribution is 0.400. The van der Waals surface area contributed by atoms with Gasteiger partial charge in [0, 0.05) is 12.0 Å². The Labute approximate surface area is 128 Å². The predicted molar refractivity (Wildman–Crippen MR) is 80.6 cm³/mol. The first kappa shape index (κ1) is 15.2. The van der Waals surface area contributed by atoms with Crippen molar-refractivity contribution in [2.24, 2.45) is 5.41 Å². The molecule has 2 aromatic rings. The van der Waals surface area contributed by atoms with E-state index in [0.717, 1.165) is 0 Å². The van der Waals surface area contributed by atoms with Gasteiger partial charge in [-0.3, -0.25) is 0 Å². The molecule has 2 rings (SSSR count). The molecule has 0 amide bonds. The van der Waals surface area contributed by atoms with Gasteiger partial charge in [0.1, 0.15) is 21.9 Å². The van der Waals surface area contributed by atoms with Crippen LogP contribution in [0.1, 0.15) is 26.6 Å². The topological polar surface area (TPSA) is 25.8 Å². The largest absolute Gasteiger partial charge is 0.220 e. The molecule has 0 bridgehead atoms. The fourth-order valence-corrected chi connectivity index (χ4v) is 2.51. The summed E-state index contributed by atoms with van der Waals surface area (Å²) in [6, 6.07) is 6.28. The maximum atomic E-state index is 13.8. The van der Waals surface area contributed by atoms with Crippen LogP contribution in [0.3, 0.4) is 0 Å². The van der Waals surface area contributed by atoms with E-state index < -0.39 is 5.82 Å². The molecule has 0 fully saturated rings. The molecule has 0 atom stereocenters. The first-order valence-electron chi connectivity index (χ1n) is 6.25. The first-order chi connectivity index (χ1) is 9.28. The third-order valence-corrected chi connectivity index (χ3v) is 3.25. The van der Waals surface area contributed by atoms with E-state index in [4.69, 9.17) is 23.2 Å². The lowest BCUT2D eigenvalue weighted by Gasteiger charge is -2.17. The molecular weight excluding hydrogens is 298 g/mol.